The molecular weight excluding hydrogens is 274 g/mol. The number of esters is 1. The van der Waals surface area contributed by atoms with Gasteiger partial charge in [0.25, 0.3) is 0 Å². The van der Waals surface area contributed by atoms with Crippen molar-refractivity contribution in [3.8, 4) is 0 Å². The largest absolute Gasteiger partial charge is 0.465 e. The predicted octanol–water partition coefficient (Wildman–Crippen LogP) is 2.52. The third-order valence-corrected chi connectivity index (χ3v) is 5.17. The van der Waals surface area contributed by atoms with Crippen LogP contribution >= 0.6 is 11.3 Å². The van der Waals surface area contributed by atoms with Gasteiger partial charge in [0, 0.05) is 19.2 Å². The lowest BCUT2D eigenvalue weighted by Crippen LogP contribution is -2.35. The molecule has 1 aliphatic rings. The first kappa shape index (κ1) is 15.5. The van der Waals surface area contributed by atoms with E-state index < -0.39 is 0 Å². The van der Waals surface area contributed by atoms with E-state index in [0.717, 1.165) is 37.8 Å². The molecule has 1 aromatic heterocycles. The highest BCUT2D eigenvalue weighted by Gasteiger charge is 2.24. The second kappa shape index (κ2) is 7.20. The average molecular weight is 297 g/mol. The normalized spacial score (nSPS) is 23.0. The average Bonchev–Trinajstić information content (AvgIpc) is 2.94. The van der Waals surface area contributed by atoms with Gasteiger partial charge >= 0.3 is 5.97 Å². The maximum absolute atomic E-state index is 11.7. The van der Waals surface area contributed by atoms with E-state index in [1.54, 1.807) is 0 Å². The zero-order valence-corrected chi connectivity index (χ0v) is 13.0. The van der Waals surface area contributed by atoms with Crippen molar-refractivity contribution in [2.45, 2.75) is 38.3 Å². The van der Waals surface area contributed by atoms with Gasteiger partial charge in [-0.1, -0.05) is 0 Å². The number of hydrogen-bond acceptors (Lipinski definition) is 5. The summed E-state index contributed by atoms with van der Waals surface area (Å²) in [6.07, 6.45) is 4.44. The molecule has 0 unspecified atom stereocenters. The van der Waals surface area contributed by atoms with Gasteiger partial charge in [-0.25, -0.2) is 4.79 Å². The molecule has 20 heavy (non-hydrogen) atoms. The highest BCUT2D eigenvalue weighted by molar-refractivity contribution is 7.12. The van der Waals surface area contributed by atoms with E-state index in [-0.39, 0.29) is 5.97 Å². The zero-order valence-electron chi connectivity index (χ0n) is 12.2. The Morgan fingerprint density at radius 1 is 1.45 bits per heavy atom. The highest BCUT2D eigenvalue weighted by Crippen LogP contribution is 2.28. The standard InChI is InChI=1S/C15H23NO3S/c1-16(13-5-3-11(10-17)4-6-13)9-12-7-8-20-14(12)15(18)19-2/h7-8,11,13,17H,3-6,9-10H2,1-2H3. The van der Waals surface area contributed by atoms with E-state index in [2.05, 4.69) is 11.9 Å². The molecule has 1 aliphatic carbocycles. The van der Waals surface area contributed by atoms with Gasteiger partial charge in [0.2, 0.25) is 0 Å². The monoisotopic (exact) mass is 297 g/mol. The van der Waals surface area contributed by atoms with Crippen molar-refractivity contribution in [1.29, 1.82) is 0 Å². The third-order valence-electron chi connectivity index (χ3n) is 4.24. The molecule has 112 valence electrons. The van der Waals surface area contributed by atoms with Gasteiger partial charge in [0.05, 0.1) is 7.11 Å². The van der Waals surface area contributed by atoms with E-state index in [1.807, 2.05) is 11.4 Å². The summed E-state index contributed by atoms with van der Waals surface area (Å²) < 4.78 is 4.82. The van der Waals surface area contributed by atoms with Gasteiger partial charge in [0.1, 0.15) is 4.88 Å². The maximum atomic E-state index is 11.7. The van der Waals surface area contributed by atoms with Gasteiger partial charge in [-0.05, 0) is 55.7 Å². The first-order valence-electron chi connectivity index (χ1n) is 7.11. The number of rotatable bonds is 5. The molecule has 5 heteroatoms. The Bertz CT molecular complexity index is 438. The molecule has 1 heterocycles. The van der Waals surface area contributed by atoms with Gasteiger partial charge in [-0.15, -0.1) is 11.3 Å². The van der Waals surface area contributed by atoms with Crippen LogP contribution in [0.5, 0.6) is 0 Å². The minimum Gasteiger partial charge on any atom is -0.465 e. The van der Waals surface area contributed by atoms with Crippen LogP contribution in [-0.2, 0) is 11.3 Å². The number of thiophene rings is 1. The molecule has 0 bridgehead atoms. The number of hydrogen-bond donors (Lipinski definition) is 1. The number of ether oxygens (including phenoxy) is 1. The quantitative estimate of drug-likeness (QED) is 0.849. The highest BCUT2D eigenvalue weighted by atomic mass is 32.1. The summed E-state index contributed by atoms with van der Waals surface area (Å²) in [5, 5.41) is 11.1. The van der Waals surface area contributed by atoms with Crippen LogP contribution in [0.15, 0.2) is 11.4 Å². The molecule has 2 rings (SSSR count). The Balaban J connectivity index is 1.93. The van der Waals surface area contributed by atoms with Crippen molar-refractivity contribution in [2.24, 2.45) is 5.92 Å². The summed E-state index contributed by atoms with van der Waals surface area (Å²) in [5.74, 6) is 0.235. The first-order chi connectivity index (χ1) is 9.65. The van der Waals surface area contributed by atoms with Crippen LogP contribution in [0, 0.1) is 5.92 Å². The van der Waals surface area contributed by atoms with Gasteiger partial charge in [-0.2, -0.15) is 0 Å². The SMILES string of the molecule is COC(=O)c1sccc1CN(C)C1CCC(CO)CC1. The van der Waals surface area contributed by atoms with E-state index in [0.29, 0.717) is 23.4 Å². The molecular formula is C15H23NO3S. The van der Waals surface area contributed by atoms with Crippen LogP contribution in [0.25, 0.3) is 0 Å². The Hall–Kier alpha value is -0.910. The molecule has 0 aliphatic heterocycles. The summed E-state index contributed by atoms with van der Waals surface area (Å²) in [5.41, 5.74) is 1.05. The van der Waals surface area contributed by atoms with Gasteiger partial charge < -0.3 is 9.84 Å². The fourth-order valence-electron chi connectivity index (χ4n) is 2.90. The van der Waals surface area contributed by atoms with Gasteiger partial charge in [-0.3, -0.25) is 4.90 Å². The summed E-state index contributed by atoms with van der Waals surface area (Å²) >= 11 is 1.44. The van der Waals surface area contributed by atoms with Crippen LogP contribution < -0.4 is 0 Å². The lowest BCUT2D eigenvalue weighted by Gasteiger charge is -2.34. The third kappa shape index (κ3) is 3.59. The molecule has 0 spiro atoms. The van der Waals surface area contributed by atoms with Crippen molar-refractivity contribution in [3.63, 3.8) is 0 Å². The minimum absolute atomic E-state index is 0.243. The van der Waals surface area contributed by atoms with Crippen LogP contribution in [0.4, 0.5) is 0 Å². The molecule has 0 amide bonds. The Labute approximate surface area is 124 Å². The smallest absolute Gasteiger partial charge is 0.348 e. The maximum Gasteiger partial charge on any atom is 0.348 e. The molecule has 1 saturated carbocycles. The molecule has 0 radical (unpaired) electrons. The van der Waals surface area contributed by atoms with E-state index >= 15 is 0 Å². The second-order valence-corrected chi connectivity index (χ2v) is 6.45. The fraction of sp³-hybridized carbons (Fsp3) is 0.667. The topological polar surface area (TPSA) is 49.8 Å². The molecule has 1 N–H and O–H groups in total. The lowest BCUT2D eigenvalue weighted by molar-refractivity contribution is 0.0603. The fourth-order valence-corrected chi connectivity index (χ4v) is 3.73. The molecule has 4 nitrogen and oxygen atoms in total. The Morgan fingerprint density at radius 3 is 2.75 bits per heavy atom. The summed E-state index contributed by atoms with van der Waals surface area (Å²) in [7, 11) is 3.54. The zero-order chi connectivity index (χ0) is 14.5. The van der Waals surface area contributed by atoms with Crippen molar-refractivity contribution >= 4 is 17.3 Å². The number of aliphatic hydroxyl groups is 1. The summed E-state index contributed by atoms with van der Waals surface area (Å²) in [4.78, 5) is 14.7. The van der Waals surface area contributed by atoms with E-state index in [4.69, 9.17) is 4.74 Å². The number of carbonyl (C=O) groups is 1. The first-order valence-corrected chi connectivity index (χ1v) is 7.99. The molecule has 0 aromatic carbocycles. The second-order valence-electron chi connectivity index (χ2n) is 5.54. The van der Waals surface area contributed by atoms with E-state index in [9.17, 15) is 9.90 Å². The van der Waals surface area contributed by atoms with Crippen LogP contribution in [0.1, 0.15) is 40.9 Å². The van der Waals surface area contributed by atoms with Crippen LogP contribution in [0.2, 0.25) is 0 Å². The molecule has 0 saturated heterocycles. The minimum atomic E-state index is -0.243. The Kier molecular flexibility index (Phi) is 5.57. The summed E-state index contributed by atoms with van der Waals surface area (Å²) in [6, 6.07) is 2.55. The van der Waals surface area contributed by atoms with Crippen molar-refractivity contribution in [1.82, 2.24) is 4.90 Å². The van der Waals surface area contributed by atoms with Crippen molar-refractivity contribution in [3.05, 3.63) is 21.9 Å². The number of methoxy groups -OCH3 is 1. The molecule has 1 aromatic rings. The number of nitrogens with zero attached hydrogens (tertiary/aromatic N) is 1. The number of aliphatic hydroxyl groups excluding tert-OH is 1. The predicted molar refractivity (Wildman–Crippen MR) is 80.0 cm³/mol. The lowest BCUT2D eigenvalue weighted by atomic mass is 9.86. The van der Waals surface area contributed by atoms with E-state index in [1.165, 1.54) is 18.4 Å². The number of carbonyl (C=O) groups excluding carboxylic acids is 1. The summed E-state index contributed by atoms with van der Waals surface area (Å²) in [6.45, 7) is 1.09. The van der Waals surface area contributed by atoms with Crippen molar-refractivity contribution < 1.29 is 14.6 Å². The van der Waals surface area contributed by atoms with Gasteiger partial charge in [0.15, 0.2) is 0 Å². The Morgan fingerprint density at radius 2 is 2.15 bits per heavy atom. The van der Waals surface area contributed by atoms with Crippen LogP contribution in [0.3, 0.4) is 0 Å². The van der Waals surface area contributed by atoms with Crippen molar-refractivity contribution in [2.75, 3.05) is 20.8 Å². The molecule has 0 atom stereocenters. The molecule has 1 fully saturated rings. The van der Waals surface area contributed by atoms with Crippen LogP contribution in [-0.4, -0.2) is 42.8 Å².